The van der Waals surface area contributed by atoms with Crippen LogP contribution >= 0.6 is 11.6 Å². The van der Waals surface area contributed by atoms with Gasteiger partial charge in [-0.3, -0.25) is 9.36 Å². The quantitative estimate of drug-likeness (QED) is 0.556. The summed E-state index contributed by atoms with van der Waals surface area (Å²) in [6.45, 7) is 2.32. The maximum absolute atomic E-state index is 6.00. The molecule has 0 saturated heterocycles. The van der Waals surface area contributed by atoms with Gasteiger partial charge < -0.3 is 0 Å². The fourth-order valence-electron chi connectivity index (χ4n) is 2.27. The number of aromatic nitrogens is 8. The first kappa shape index (κ1) is 12.3. The number of hydrogen-bond acceptors (Lipinski definition) is 5. The van der Waals surface area contributed by atoms with Gasteiger partial charge in [0.1, 0.15) is 12.9 Å². The first-order valence-electron chi connectivity index (χ1n) is 6.33. The van der Waals surface area contributed by atoms with Crippen molar-refractivity contribution in [3.05, 3.63) is 35.3 Å². The third-order valence-corrected chi connectivity index (χ3v) is 3.67. The van der Waals surface area contributed by atoms with E-state index in [0.29, 0.717) is 17.4 Å². The molecule has 106 valence electrons. The smallest absolute Gasteiger partial charge is 0.173 e. The molecule has 4 aromatic rings. The van der Waals surface area contributed by atoms with Crippen molar-refractivity contribution >= 4 is 28.3 Å². The summed E-state index contributed by atoms with van der Waals surface area (Å²) >= 11 is 6.00. The minimum absolute atomic E-state index is 0.455. The number of hydrogen-bond donors (Lipinski definition) is 0. The van der Waals surface area contributed by atoms with Crippen LogP contribution in [0.5, 0.6) is 0 Å². The minimum atomic E-state index is 0.455. The standard InChI is InChI=1S/C12H11ClN8/c1-7-9(13)4-20(17-7)5-10-16-12-8-3-15-19(2)11(8)14-6-21(12)18-10/h3-4,6H,5H2,1-2H3. The molecule has 0 aliphatic carbocycles. The second-order valence-corrected chi connectivity index (χ2v) is 5.21. The third-order valence-electron chi connectivity index (χ3n) is 3.30. The van der Waals surface area contributed by atoms with Crippen LogP contribution in [-0.2, 0) is 13.6 Å². The Morgan fingerprint density at radius 1 is 1.24 bits per heavy atom. The summed E-state index contributed by atoms with van der Waals surface area (Å²) in [6.07, 6.45) is 5.14. The van der Waals surface area contributed by atoms with E-state index in [9.17, 15) is 0 Å². The van der Waals surface area contributed by atoms with Gasteiger partial charge in [-0.1, -0.05) is 11.6 Å². The number of rotatable bonds is 2. The molecule has 0 N–H and O–H groups in total. The molecule has 0 fully saturated rings. The van der Waals surface area contributed by atoms with Gasteiger partial charge >= 0.3 is 0 Å². The van der Waals surface area contributed by atoms with Crippen molar-refractivity contribution in [1.82, 2.24) is 39.1 Å². The molecule has 0 amide bonds. The van der Waals surface area contributed by atoms with Gasteiger partial charge in [-0.15, -0.1) is 5.10 Å². The van der Waals surface area contributed by atoms with Crippen molar-refractivity contribution in [2.45, 2.75) is 13.5 Å². The van der Waals surface area contributed by atoms with Crippen LogP contribution in [0.1, 0.15) is 11.5 Å². The van der Waals surface area contributed by atoms with E-state index >= 15 is 0 Å². The van der Waals surface area contributed by atoms with Crippen molar-refractivity contribution in [2.75, 3.05) is 0 Å². The van der Waals surface area contributed by atoms with Gasteiger partial charge in [0.2, 0.25) is 0 Å². The Morgan fingerprint density at radius 2 is 2.10 bits per heavy atom. The third kappa shape index (κ3) is 1.87. The number of fused-ring (bicyclic) bond motifs is 3. The molecule has 0 bridgehead atoms. The number of aryl methyl sites for hydroxylation is 2. The molecule has 0 spiro atoms. The maximum Gasteiger partial charge on any atom is 0.173 e. The van der Waals surface area contributed by atoms with Gasteiger partial charge in [0, 0.05) is 13.2 Å². The Morgan fingerprint density at radius 3 is 2.86 bits per heavy atom. The lowest BCUT2D eigenvalue weighted by atomic mass is 10.4. The Bertz CT molecular complexity index is 943. The SMILES string of the molecule is Cc1nn(Cc2nc3c4cnn(C)c4ncn3n2)cc1Cl. The molecule has 21 heavy (non-hydrogen) atoms. The predicted octanol–water partition coefficient (Wildman–Crippen LogP) is 1.22. The van der Waals surface area contributed by atoms with Crippen LogP contribution in [-0.4, -0.2) is 39.1 Å². The lowest BCUT2D eigenvalue weighted by molar-refractivity contribution is 0.648. The van der Waals surface area contributed by atoms with Gasteiger partial charge in [-0.05, 0) is 6.92 Å². The Kier molecular flexibility index (Phi) is 2.49. The molecule has 4 heterocycles. The molecule has 0 aromatic carbocycles. The summed E-state index contributed by atoms with van der Waals surface area (Å²) in [5, 5.41) is 14.4. The Balaban J connectivity index is 1.81. The van der Waals surface area contributed by atoms with Crippen LogP contribution in [0.4, 0.5) is 0 Å². The predicted molar refractivity (Wildman–Crippen MR) is 76.1 cm³/mol. The largest absolute Gasteiger partial charge is 0.263 e. The number of halogens is 1. The average molecular weight is 303 g/mol. The molecule has 0 saturated carbocycles. The van der Waals surface area contributed by atoms with Crippen molar-refractivity contribution in [3.63, 3.8) is 0 Å². The van der Waals surface area contributed by atoms with Crippen molar-refractivity contribution in [1.29, 1.82) is 0 Å². The normalized spacial score (nSPS) is 11.8. The highest BCUT2D eigenvalue weighted by Gasteiger charge is 2.12. The Labute approximate surface area is 124 Å². The highest BCUT2D eigenvalue weighted by molar-refractivity contribution is 6.31. The molecule has 4 aromatic heterocycles. The van der Waals surface area contributed by atoms with Crippen molar-refractivity contribution in [2.24, 2.45) is 7.05 Å². The van der Waals surface area contributed by atoms with E-state index in [-0.39, 0.29) is 0 Å². The van der Waals surface area contributed by atoms with Crippen molar-refractivity contribution < 1.29 is 0 Å². The van der Waals surface area contributed by atoms with Gasteiger partial charge in [-0.2, -0.15) is 10.2 Å². The summed E-state index contributed by atoms with van der Waals surface area (Å²) in [5.74, 6) is 0.646. The van der Waals surface area contributed by atoms with E-state index < -0.39 is 0 Å². The molecule has 0 aliphatic rings. The molecule has 0 aliphatic heterocycles. The molecule has 8 nitrogen and oxygen atoms in total. The highest BCUT2D eigenvalue weighted by Crippen LogP contribution is 2.16. The summed E-state index contributed by atoms with van der Waals surface area (Å²) in [5.41, 5.74) is 2.30. The van der Waals surface area contributed by atoms with E-state index in [0.717, 1.165) is 22.4 Å². The van der Waals surface area contributed by atoms with Crippen LogP contribution < -0.4 is 0 Å². The maximum atomic E-state index is 6.00. The van der Waals surface area contributed by atoms with Crippen molar-refractivity contribution in [3.8, 4) is 0 Å². The molecule has 0 radical (unpaired) electrons. The van der Waals surface area contributed by atoms with Gasteiger partial charge in [-0.25, -0.2) is 14.5 Å². The van der Waals surface area contributed by atoms with Crippen LogP contribution in [0.25, 0.3) is 16.7 Å². The monoisotopic (exact) mass is 302 g/mol. The van der Waals surface area contributed by atoms with E-state index in [1.807, 2.05) is 14.0 Å². The topological polar surface area (TPSA) is 78.7 Å². The summed E-state index contributed by atoms with van der Waals surface area (Å²) in [7, 11) is 1.84. The zero-order valence-corrected chi connectivity index (χ0v) is 12.2. The summed E-state index contributed by atoms with van der Waals surface area (Å²) in [6, 6.07) is 0. The zero-order chi connectivity index (χ0) is 14.6. The van der Waals surface area contributed by atoms with E-state index in [1.54, 1.807) is 32.6 Å². The Hall–Kier alpha value is -2.48. The van der Waals surface area contributed by atoms with Crippen LogP contribution in [0.3, 0.4) is 0 Å². The fourth-order valence-corrected chi connectivity index (χ4v) is 2.42. The first-order valence-corrected chi connectivity index (χ1v) is 6.71. The number of nitrogens with zero attached hydrogens (tertiary/aromatic N) is 8. The van der Waals surface area contributed by atoms with Crippen LogP contribution in [0.15, 0.2) is 18.7 Å². The minimum Gasteiger partial charge on any atom is -0.263 e. The van der Waals surface area contributed by atoms with E-state index in [4.69, 9.17) is 11.6 Å². The average Bonchev–Trinajstić information content (AvgIpc) is 3.09. The molecule has 0 unspecified atom stereocenters. The van der Waals surface area contributed by atoms with Crippen LogP contribution in [0, 0.1) is 6.92 Å². The van der Waals surface area contributed by atoms with Gasteiger partial charge in [0.05, 0.1) is 22.3 Å². The zero-order valence-electron chi connectivity index (χ0n) is 11.4. The lowest BCUT2D eigenvalue weighted by Gasteiger charge is -1.94. The highest BCUT2D eigenvalue weighted by atomic mass is 35.5. The second-order valence-electron chi connectivity index (χ2n) is 4.81. The molecular formula is C12H11ClN8. The molecule has 0 atom stereocenters. The second kappa shape index (κ2) is 4.26. The van der Waals surface area contributed by atoms with Gasteiger partial charge in [0.15, 0.2) is 17.1 Å². The van der Waals surface area contributed by atoms with Gasteiger partial charge in [0.25, 0.3) is 0 Å². The van der Waals surface area contributed by atoms with E-state index in [2.05, 4.69) is 25.3 Å². The molecule has 9 heteroatoms. The summed E-state index contributed by atoms with van der Waals surface area (Å²) < 4.78 is 5.08. The van der Waals surface area contributed by atoms with E-state index in [1.165, 1.54) is 0 Å². The molecular weight excluding hydrogens is 292 g/mol. The lowest BCUT2D eigenvalue weighted by Crippen LogP contribution is -2.02. The molecule has 4 rings (SSSR count). The first-order chi connectivity index (χ1) is 10.1. The fraction of sp³-hybridized carbons (Fsp3) is 0.250. The summed E-state index contributed by atoms with van der Waals surface area (Å²) in [4.78, 5) is 8.87. The van der Waals surface area contributed by atoms with Crippen LogP contribution in [0.2, 0.25) is 5.02 Å².